The van der Waals surface area contributed by atoms with Gasteiger partial charge in [0.1, 0.15) is 0 Å². The first-order valence-electron chi connectivity index (χ1n) is 14.6. The highest BCUT2D eigenvalue weighted by atomic mass is 16.2. The summed E-state index contributed by atoms with van der Waals surface area (Å²) in [7, 11) is 0. The van der Waals surface area contributed by atoms with Crippen LogP contribution in [0.4, 0.5) is 11.4 Å². The van der Waals surface area contributed by atoms with Crippen LogP contribution >= 0.6 is 0 Å². The van der Waals surface area contributed by atoms with Crippen LogP contribution in [0, 0.1) is 0 Å². The first kappa shape index (κ1) is 27.4. The average molecular weight is 558 g/mol. The molecular weight excluding hydrogens is 522 g/mol. The third-order valence-corrected chi connectivity index (χ3v) is 7.97. The lowest BCUT2D eigenvalue weighted by Crippen LogP contribution is -2.29. The minimum absolute atomic E-state index is 0.159. The van der Waals surface area contributed by atoms with E-state index in [1.807, 2.05) is 49.4 Å². The van der Waals surface area contributed by atoms with Crippen molar-refractivity contribution in [2.45, 2.75) is 38.8 Å². The van der Waals surface area contributed by atoms with Gasteiger partial charge in [0.2, 0.25) is 0 Å². The number of carbonyl (C=O) groups is 2. The highest BCUT2D eigenvalue weighted by Gasteiger charge is 2.29. The minimum atomic E-state index is -0.221. The van der Waals surface area contributed by atoms with Crippen molar-refractivity contribution in [3.63, 3.8) is 0 Å². The molecule has 2 aliphatic rings. The fourth-order valence-corrected chi connectivity index (χ4v) is 5.67. The quantitative estimate of drug-likeness (QED) is 0.216. The van der Waals surface area contributed by atoms with Crippen molar-refractivity contribution >= 4 is 34.5 Å². The maximum absolute atomic E-state index is 13.4. The van der Waals surface area contributed by atoms with E-state index >= 15 is 0 Å². The first-order valence-corrected chi connectivity index (χ1v) is 14.6. The standard InChI is InChI=1S/C35H35N5O2/c1-24(26-8-4-2-5-9-26)37-34(41)28-12-15-31-30(22-28)32(35(42)39-31)33(27-16-18-36-19-17-27)38-29-13-10-25(11-14-29)23-40-20-6-3-7-21-40/h2,4-5,8-19,22,24,38H,3,6-7,20-21,23H2,1H3,(H,37,41)(H,39,42)/t24-/m0/s1. The van der Waals surface area contributed by atoms with E-state index in [0.29, 0.717) is 28.1 Å². The number of hydrogen-bond donors (Lipinski definition) is 3. The normalized spacial score (nSPS) is 16.7. The molecule has 0 aliphatic carbocycles. The van der Waals surface area contributed by atoms with Gasteiger partial charge in [-0.05, 0) is 86.4 Å². The van der Waals surface area contributed by atoms with Crippen LogP contribution in [0.1, 0.15) is 64.8 Å². The van der Waals surface area contributed by atoms with E-state index < -0.39 is 0 Å². The predicted octanol–water partition coefficient (Wildman–Crippen LogP) is 6.49. The van der Waals surface area contributed by atoms with Gasteiger partial charge in [0, 0.05) is 47.0 Å². The summed E-state index contributed by atoms with van der Waals surface area (Å²) in [5.74, 6) is -0.420. The topological polar surface area (TPSA) is 86.4 Å². The summed E-state index contributed by atoms with van der Waals surface area (Å²) in [6.07, 6.45) is 7.27. The number of nitrogens with zero attached hydrogens (tertiary/aromatic N) is 2. The fourth-order valence-electron chi connectivity index (χ4n) is 5.67. The number of hydrogen-bond acceptors (Lipinski definition) is 5. The SMILES string of the molecule is C[C@H](NC(=O)c1ccc2c(c1)C(=C(Nc1ccc(CN3CCCCC3)cc1)c1ccncc1)C(=O)N2)c1ccccc1. The van der Waals surface area contributed by atoms with Crippen LogP contribution < -0.4 is 16.0 Å². The number of piperidine rings is 1. The van der Waals surface area contributed by atoms with Crippen molar-refractivity contribution in [3.8, 4) is 0 Å². The molecule has 0 unspecified atom stereocenters. The van der Waals surface area contributed by atoms with Crippen LogP contribution in [0.5, 0.6) is 0 Å². The number of anilines is 2. The largest absolute Gasteiger partial charge is 0.354 e. The number of rotatable bonds is 8. The van der Waals surface area contributed by atoms with Gasteiger partial charge in [-0.2, -0.15) is 0 Å². The zero-order valence-electron chi connectivity index (χ0n) is 23.8. The molecule has 0 radical (unpaired) electrons. The molecule has 3 N–H and O–H groups in total. The molecule has 0 spiro atoms. The molecule has 1 fully saturated rings. The van der Waals surface area contributed by atoms with E-state index in [-0.39, 0.29) is 17.9 Å². The molecule has 42 heavy (non-hydrogen) atoms. The van der Waals surface area contributed by atoms with E-state index in [2.05, 4.69) is 50.1 Å². The molecule has 3 heterocycles. The molecular formula is C35H35N5O2. The number of pyridine rings is 1. The molecule has 0 bridgehead atoms. The van der Waals surface area contributed by atoms with Gasteiger partial charge in [-0.25, -0.2) is 0 Å². The molecule has 0 saturated carbocycles. The first-order chi connectivity index (χ1) is 20.5. The van der Waals surface area contributed by atoms with Gasteiger partial charge in [-0.15, -0.1) is 0 Å². The van der Waals surface area contributed by atoms with E-state index in [0.717, 1.165) is 36.4 Å². The number of nitrogens with one attached hydrogen (secondary N) is 3. The third kappa shape index (κ3) is 6.11. The molecule has 7 heteroatoms. The van der Waals surface area contributed by atoms with Crippen LogP contribution in [0.15, 0.2) is 97.3 Å². The second-order valence-corrected chi connectivity index (χ2v) is 11.0. The Hall–Kier alpha value is -4.75. The van der Waals surface area contributed by atoms with Crippen LogP contribution in [-0.2, 0) is 11.3 Å². The second-order valence-electron chi connectivity index (χ2n) is 11.0. The Balaban J connectivity index is 1.30. The van der Waals surface area contributed by atoms with Gasteiger partial charge in [0.25, 0.3) is 11.8 Å². The number of fused-ring (bicyclic) bond motifs is 1. The Morgan fingerprint density at radius 2 is 1.64 bits per heavy atom. The monoisotopic (exact) mass is 557 g/mol. The summed E-state index contributed by atoms with van der Waals surface area (Å²) >= 11 is 0. The van der Waals surface area contributed by atoms with Gasteiger partial charge in [0.15, 0.2) is 0 Å². The highest BCUT2D eigenvalue weighted by molar-refractivity contribution is 6.37. The van der Waals surface area contributed by atoms with Crippen LogP contribution in [0.25, 0.3) is 11.3 Å². The van der Waals surface area contributed by atoms with E-state index in [1.54, 1.807) is 30.6 Å². The van der Waals surface area contributed by atoms with Crippen molar-refractivity contribution in [2.24, 2.45) is 0 Å². The van der Waals surface area contributed by atoms with Gasteiger partial charge < -0.3 is 16.0 Å². The van der Waals surface area contributed by atoms with Crippen LogP contribution in [-0.4, -0.2) is 34.8 Å². The van der Waals surface area contributed by atoms with Gasteiger partial charge >= 0.3 is 0 Å². The molecule has 1 atom stereocenters. The lowest BCUT2D eigenvalue weighted by Gasteiger charge is -2.26. The average Bonchev–Trinajstić information content (AvgIpc) is 3.36. The number of amides is 2. The van der Waals surface area contributed by atoms with Crippen molar-refractivity contribution < 1.29 is 9.59 Å². The minimum Gasteiger partial charge on any atom is -0.354 e. The Morgan fingerprint density at radius 3 is 2.38 bits per heavy atom. The van der Waals surface area contributed by atoms with Gasteiger partial charge in [0.05, 0.1) is 17.3 Å². The van der Waals surface area contributed by atoms with Crippen molar-refractivity contribution in [1.82, 2.24) is 15.2 Å². The number of carbonyl (C=O) groups excluding carboxylic acids is 2. The number of likely N-dealkylation sites (tertiary alicyclic amines) is 1. The van der Waals surface area contributed by atoms with Crippen LogP contribution in [0.3, 0.4) is 0 Å². The van der Waals surface area contributed by atoms with E-state index in [1.165, 1.54) is 24.8 Å². The fraction of sp³-hybridized carbons (Fsp3) is 0.229. The molecule has 212 valence electrons. The smallest absolute Gasteiger partial charge is 0.258 e. The van der Waals surface area contributed by atoms with Crippen molar-refractivity contribution in [3.05, 3.63) is 125 Å². The molecule has 7 nitrogen and oxygen atoms in total. The zero-order valence-corrected chi connectivity index (χ0v) is 23.8. The Labute approximate surface area is 246 Å². The maximum Gasteiger partial charge on any atom is 0.258 e. The predicted molar refractivity (Wildman–Crippen MR) is 168 cm³/mol. The molecule has 2 aliphatic heterocycles. The van der Waals surface area contributed by atoms with Crippen LogP contribution in [0.2, 0.25) is 0 Å². The second kappa shape index (κ2) is 12.4. The van der Waals surface area contributed by atoms with E-state index in [4.69, 9.17) is 0 Å². The summed E-state index contributed by atoms with van der Waals surface area (Å²) in [4.78, 5) is 33.4. The molecule has 1 saturated heterocycles. The summed E-state index contributed by atoms with van der Waals surface area (Å²) in [5.41, 5.74) is 6.99. The van der Waals surface area contributed by atoms with Gasteiger partial charge in [-0.3, -0.25) is 19.5 Å². The molecule has 1 aromatic heterocycles. The van der Waals surface area contributed by atoms with Crippen molar-refractivity contribution in [2.75, 3.05) is 23.7 Å². The summed E-state index contributed by atoms with van der Waals surface area (Å²) in [5, 5.41) is 9.58. The summed E-state index contributed by atoms with van der Waals surface area (Å²) in [6, 6.07) is 27.2. The van der Waals surface area contributed by atoms with Gasteiger partial charge in [-0.1, -0.05) is 48.9 Å². The molecule has 4 aromatic rings. The highest BCUT2D eigenvalue weighted by Crippen LogP contribution is 2.38. The molecule has 6 rings (SSSR count). The number of benzene rings is 3. The Morgan fingerprint density at radius 1 is 0.905 bits per heavy atom. The molecule has 3 aromatic carbocycles. The number of aromatic nitrogens is 1. The summed E-state index contributed by atoms with van der Waals surface area (Å²) < 4.78 is 0. The maximum atomic E-state index is 13.4. The lowest BCUT2D eigenvalue weighted by atomic mass is 9.98. The zero-order chi connectivity index (χ0) is 28.9. The summed E-state index contributed by atoms with van der Waals surface area (Å²) in [6.45, 7) is 5.21. The lowest BCUT2D eigenvalue weighted by molar-refractivity contribution is -0.110. The Bertz CT molecular complexity index is 1590. The van der Waals surface area contributed by atoms with Crippen molar-refractivity contribution in [1.29, 1.82) is 0 Å². The molecule has 2 amide bonds. The van der Waals surface area contributed by atoms with E-state index in [9.17, 15) is 9.59 Å². The Kier molecular flexibility index (Phi) is 8.10. The third-order valence-electron chi connectivity index (χ3n) is 7.97.